The minimum atomic E-state index is -5.02. The number of urea groups is 1. The first-order valence-electron chi connectivity index (χ1n) is 8.68. The standard InChI is InChI=1S/C19H12F7N5O/c20-14-6-10(3-4-12(14)18(21,22)23)15(16-13(19(24,25)26)2-1-5-29-16)31-17(32)30-11-7-27-9-28-8-11/h1-9,15H,(H2,30,31,32). The van der Waals surface area contributed by atoms with E-state index in [1.165, 1.54) is 18.7 Å². The molecule has 0 fully saturated rings. The van der Waals surface area contributed by atoms with Gasteiger partial charge >= 0.3 is 18.4 Å². The Hall–Kier alpha value is -3.77. The Kier molecular flexibility index (Phi) is 6.27. The molecule has 2 amide bonds. The Morgan fingerprint density at radius 1 is 0.938 bits per heavy atom. The van der Waals surface area contributed by atoms with E-state index in [9.17, 15) is 35.5 Å². The quantitative estimate of drug-likeness (QED) is 0.541. The third-order valence-electron chi connectivity index (χ3n) is 4.14. The first kappa shape index (κ1) is 22.9. The number of hydrogen-bond acceptors (Lipinski definition) is 4. The number of rotatable bonds is 4. The molecule has 0 aliphatic heterocycles. The third kappa shape index (κ3) is 5.28. The van der Waals surface area contributed by atoms with Gasteiger partial charge in [-0.15, -0.1) is 0 Å². The van der Waals surface area contributed by atoms with Crippen molar-refractivity contribution in [1.29, 1.82) is 0 Å². The molecule has 32 heavy (non-hydrogen) atoms. The Bertz CT molecular complexity index is 1100. The van der Waals surface area contributed by atoms with Crippen LogP contribution < -0.4 is 10.6 Å². The Labute approximate surface area is 175 Å². The van der Waals surface area contributed by atoms with Gasteiger partial charge in [-0.25, -0.2) is 19.2 Å². The number of amides is 2. The van der Waals surface area contributed by atoms with Crippen LogP contribution in [0.15, 0.2) is 55.2 Å². The van der Waals surface area contributed by atoms with Crippen molar-refractivity contribution in [2.75, 3.05) is 5.32 Å². The SMILES string of the molecule is O=C(Nc1cncnc1)NC(c1ccc(C(F)(F)F)c(F)c1)c1ncccc1C(F)(F)F. The fourth-order valence-electron chi connectivity index (χ4n) is 2.80. The van der Waals surface area contributed by atoms with E-state index in [1.807, 2.05) is 0 Å². The Morgan fingerprint density at radius 2 is 1.59 bits per heavy atom. The number of carbonyl (C=O) groups is 1. The number of benzene rings is 1. The predicted octanol–water partition coefficient (Wildman–Crippen LogP) is 4.96. The van der Waals surface area contributed by atoms with Gasteiger partial charge in [0.1, 0.15) is 12.1 Å². The van der Waals surface area contributed by atoms with Gasteiger partial charge in [0.2, 0.25) is 0 Å². The molecule has 1 unspecified atom stereocenters. The molecule has 2 heterocycles. The van der Waals surface area contributed by atoms with Gasteiger partial charge in [-0.2, -0.15) is 26.3 Å². The molecule has 0 spiro atoms. The highest BCUT2D eigenvalue weighted by molar-refractivity contribution is 5.89. The number of anilines is 1. The van der Waals surface area contributed by atoms with Crippen molar-refractivity contribution < 1.29 is 35.5 Å². The highest BCUT2D eigenvalue weighted by Crippen LogP contribution is 2.37. The lowest BCUT2D eigenvalue weighted by atomic mass is 9.97. The molecule has 6 nitrogen and oxygen atoms in total. The molecule has 0 saturated heterocycles. The first-order chi connectivity index (χ1) is 15.0. The highest BCUT2D eigenvalue weighted by atomic mass is 19.4. The van der Waals surface area contributed by atoms with Crippen LogP contribution in [0.1, 0.15) is 28.4 Å². The van der Waals surface area contributed by atoms with Gasteiger partial charge < -0.3 is 10.6 Å². The summed E-state index contributed by atoms with van der Waals surface area (Å²) in [6.07, 6.45) is -5.36. The maximum Gasteiger partial charge on any atom is 0.419 e. The van der Waals surface area contributed by atoms with E-state index in [4.69, 9.17) is 0 Å². The van der Waals surface area contributed by atoms with Crippen molar-refractivity contribution in [2.24, 2.45) is 0 Å². The van der Waals surface area contributed by atoms with Crippen LogP contribution in [0.25, 0.3) is 0 Å². The van der Waals surface area contributed by atoms with Crippen LogP contribution in [0.2, 0.25) is 0 Å². The van der Waals surface area contributed by atoms with E-state index >= 15 is 0 Å². The van der Waals surface area contributed by atoms with Crippen molar-refractivity contribution >= 4 is 11.7 Å². The zero-order valence-electron chi connectivity index (χ0n) is 15.7. The topological polar surface area (TPSA) is 79.8 Å². The van der Waals surface area contributed by atoms with E-state index in [0.29, 0.717) is 18.2 Å². The summed E-state index contributed by atoms with van der Waals surface area (Å²) in [6, 6.07) is 0.417. The third-order valence-corrected chi connectivity index (χ3v) is 4.14. The molecule has 0 aliphatic rings. The van der Waals surface area contributed by atoms with Crippen LogP contribution >= 0.6 is 0 Å². The molecule has 2 aromatic heterocycles. The lowest BCUT2D eigenvalue weighted by Crippen LogP contribution is -2.35. The van der Waals surface area contributed by atoms with Gasteiger partial charge in [-0.05, 0) is 29.8 Å². The van der Waals surface area contributed by atoms with Gasteiger partial charge in [0.05, 0.1) is 40.9 Å². The van der Waals surface area contributed by atoms with Gasteiger partial charge in [0.25, 0.3) is 0 Å². The number of alkyl halides is 6. The van der Waals surface area contributed by atoms with Gasteiger partial charge in [-0.1, -0.05) is 6.07 Å². The molecule has 2 N–H and O–H groups in total. The molecule has 3 aromatic rings. The van der Waals surface area contributed by atoms with E-state index in [0.717, 1.165) is 18.3 Å². The van der Waals surface area contributed by atoms with Gasteiger partial charge in [0.15, 0.2) is 0 Å². The van der Waals surface area contributed by atoms with E-state index < -0.39 is 47.1 Å². The molecule has 0 aliphatic carbocycles. The summed E-state index contributed by atoms with van der Waals surface area (Å²) < 4.78 is 93.3. The maximum absolute atomic E-state index is 14.1. The number of pyridine rings is 1. The van der Waals surface area contributed by atoms with Crippen LogP contribution in [0, 0.1) is 5.82 Å². The molecule has 1 aromatic carbocycles. The summed E-state index contributed by atoms with van der Waals surface area (Å²) in [7, 11) is 0. The van der Waals surface area contributed by atoms with E-state index in [2.05, 4.69) is 25.6 Å². The maximum atomic E-state index is 14.1. The normalized spacial score (nSPS) is 12.8. The number of carbonyl (C=O) groups excluding carboxylic acids is 1. The van der Waals surface area contributed by atoms with E-state index in [-0.39, 0.29) is 11.3 Å². The lowest BCUT2D eigenvalue weighted by molar-refractivity contribution is -0.140. The van der Waals surface area contributed by atoms with Crippen molar-refractivity contribution in [1.82, 2.24) is 20.3 Å². The summed E-state index contributed by atoms with van der Waals surface area (Å²) in [6.45, 7) is 0. The van der Waals surface area contributed by atoms with Crippen molar-refractivity contribution in [3.63, 3.8) is 0 Å². The first-order valence-corrected chi connectivity index (χ1v) is 8.68. The summed E-state index contributed by atoms with van der Waals surface area (Å²) in [5.41, 5.74) is -3.91. The smallest absolute Gasteiger partial charge is 0.325 e. The van der Waals surface area contributed by atoms with E-state index in [1.54, 1.807) is 0 Å². The molecule has 0 bridgehead atoms. The molecule has 0 radical (unpaired) electrons. The lowest BCUT2D eigenvalue weighted by Gasteiger charge is -2.23. The second-order valence-corrected chi connectivity index (χ2v) is 6.33. The minimum Gasteiger partial charge on any atom is -0.325 e. The molecule has 13 heteroatoms. The number of hydrogen-bond donors (Lipinski definition) is 2. The monoisotopic (exact) mass is 459 g/mol. The fourth-order valence-corrected chi connectivity index (χ4v) is 2.80. The molecule has 0 saturated carbocycles. The summed E-state index contributed by atoms with van der Waals surface area (Å²) >= 11 is 0. The predicted molar refractivity (Wildman–Crippen MR) is 96.7 cm³/mol. The second kappa shape index (κ2) is 8.77. The highest BCUT2D eigenvalue weighted by Gasteiger charge is 2.38. The van der Waals surface area contributed by atoms with Crippen molar-refractivity contribution in [3.8, 4) is 0 Å². The number of halogens is 7. The summed E-state index contributed by atoms with van der Waals surface area (Å²) in [4.78, 5) is 23.3. The molecule has 3 rings (SSSR count). The van der Waals surface area contributed by atoms with Crippen LogP contribution in [0.5, 0.6) is 0 Å². The van der Waals surface area contributed by atoms with Crippen LogP contribution in [-0.2, 0) is 12.4 Å². The van der Waals surface area contributed by atoms with Crippen molar-refractivity contribution in [2.45, 2.75) is 18.4 Å². The second-order valence-electron chi connectivity index (χ2n) is 6.33. The summed E-state index contributed by atoms with van der Waals surface area (Å²) in [5.74, 6) is -1.72. The summed E-state index contributed by atoms with van der Waals surface area (Å²) in [5, 5.41) is 4.44. The minimum absolute atomic E-state index is 0.0828. The average molecular weight is 459 g/mol. The van der Waals surface area contributed by atoms with Crippen LogP contribution in [-0.4, -0.2) is 21.0 Å². The van der Waals surface area contributed by atoms with Gasteiger partial charge in [-0.3, -0.25) is 4.98 Å². The zero-order chi connectivity index (χ0) is 23.5. The van der Waals surface area contributed by atoms with Crippen molar-refractivity contribution in [3.05, 3.63) is 83.5 Å². The largest absolute Gasteiger partial charge is 0.419 e. The Balaban J connectivity index is 2.05. The molecule has 1 atom stereocenters. The van der Waals surface area contributed by atoms with Crippen LogP contribution in [0.4, 0.5) is 41.2 Å². The fraction of sp³-hybridized carbons (Fsp3) is 0.158. The number of nitrogens with zero attached hydrogens (tertiary/aromatic N) is 3. The average Bonchev–Trinajstić information content (AvgIpc) is 2.71. The number of nitrogens with one attached hydrogen (secondary N) is 2. The Morgan fingerprint density at radius 3 is 2.19 bits per heavy atom. The zero-order valence-corrected chi connectivity index (χ0v) is 15.7. The molecular formula is C19H12F7N5O. The van der Waals surface area contributed by atoms with Gasteiger partial charge in [0, 0.05) is 6.20 Å². The molecular weight excluding hydrogens is 447 g/mol. The van der Waals surface area contributed by atoms with Crippen LogP contribution in [0.3, 0.4) is 0 Å². The number of aromatic nitrogens is 3. The molecule has 168 valence electrons.